The van der Waals surface area contributed by atoms with E-state index >= 15 is 0 Å². The molecule has 0 saturated heterocycles. The number of nitrogens with one attached hydrogen (secondary N) is 1. The van der Waals surface area contributed by atoms with Crippen LogP contribution in [0.3, 0.4) is 0 Å². The predicted octanol–water partition coefficient (Wildman–Crippen LogP) is 2.83. The van der Waals surface area contributed by atoms with E-state index in [0.717, 1.165) is 22.3 Å². The summed E-state index contributed by atoms with van der Waals surface area (Å²) >= 11 is 0. The monoisotopic (exact) mass is 418 g/mol. The van der Waals surface area contributed by atoms with Gasteiger partial charge in [0.1, 0.15) is 18.8 Å². The van der Waals surface area contributed by atoms with E-state index in [0.29, 0.717) is 6.29 Å². The highest BCUT2D eigenvalue weighted by Crippen LogP contribution is 2.44. The maximum absolute atomic E-state index is 12.2. The van der Waals surface area contributed by atoms with Gasteiger partial charge in [-0.15, -0.1) is 0 Å². The lowest BCUT2D eigenvalue weighted by Gasteiger charge is -2.19. The highest BCUT2D eigenvalue weighted by Gasteiger charge is 2.29. The van der Waals surface area contributed by atoms with Crippen LogP contribution in [0.2, 0.25) is 0 Å². The largest absolute Gasteiger partial charge is 0.449 e. The maximum atomic E-state index is 12.2. The number of fused-ring (bicyclic) bond motifs is 3. The van der Waals surface area contributed by atoms with Crippen LogP contribution >= 0.6 is 0 Å². The normalized spacial score (nSPS) is 14.3. The highest BCUT2D eigenvalue weighted by atomic mass is 16.5. The van der Waals surface area contributed by atoms with E-state index in [2.05, 4.69) is 22.4 Å². The quantitative estimate of drug-likeness (QED) is 0.509. The Kier molecular flexibility index (Phi) is 6.06. The fourth-order valence-corrected chi connectivity index (χ4v) is 3.91. The summed E-state index contributed by atoms with van der Waals surface area (Å²) in [6.07, 6.45) is -1.51. The predicted molar refractivity (Wildman–Crippen MR) is 114 cm³/mol. The van der Waals surface area contributed by atoms with Gasteiger partial charge in [-0.25, -0.2) is 4.79 Å². The molecule has 0 radical (unpaired) electrons. The summed E-state index contributed by atoms with van der Waals surface area (Å²) in [5.74, 6) is -0.0719. The summed E-state index contributed by atoms with van der Waals surface area (Å²) in [5, 5.41) is 22.9. The zero-order valence-electron chi connectivity index (χ0n) is 16.6. The average Bonchev–Trinajstić information content (AvgIpc) is 3.14. The van der Waals surface area contributed by atoms with E-state index in [1.165, 1.54) is 12.3 Å². The number of benzene rings is 2. The second-order valence-corrected chi connectivity index (χ2v) is 7.31. The molecule has 7 nitrogen and oxygen atoms in total. The van der Waals surface area contributed by atoms with Crippen molar-refractivity contribution in [1.82, 2.24) is 10.3 Å². The number of aromatic nitrogens is 1. The molecule has 3 N–H and O–H groups in total. The molecule has 7 heteroatoms. The lowest BCUT2D eigenvalue weighted by molar-refractivity contribution is 0.0157. The zero-order chi connectivity index (χ0) is 21.8. The van der Waals surface area contributed by atoms with Gasteiger partial charge in [-0.2, -0.15) is 0 Å². The van der Waals surface area contributed by atoms with Gasteiger partial charge in [-0.05, 0) is 34.4 Å². The van der Waals surface area contributed by atoms with Gasteiger partial charge >= 0.3 is 6.09 Å². The summed E-state index contributed by atoms with van der Waals surface area (Å²) in [7, 11) is 0. The first-order valence-corrected chi connectivity index (χ1v) is 9.95. The van der Waals surface area contributed by atoms with Crippen molar-refractivity contribution in [2.45, 2.75) is 18.1 Å². The van der Waals surface area contributed by atoms with E-state index in [1.54, 1.807) is 6.07 Å². The summed E-state index contributed by atoms with van der Waals surface area (Å²) in [6.45, 7) is -0.110. The molecule has 158 valence electrons. The van der Waals surface area contributed by atoms with Gasteiger partial charge in [0.05, 0.1) is 5.69 Å². The standard InChI is InChI=1S/C24H22N2O5/c27-13-15-6-5-11-25-22(15)23(29)21(28)12-26-24(30)31-14-20-18-9-3-1-7-16(18)17-8-2-4-10-19(17)20/h1-11,13,20-21,23,28-29H,12,14H2,(H,26,30). The van der Waals surface area contributed by atoms with Gasteiger partial charge in [-0.1, -0.05) is 48.5 Å². The number of hydrogen-bond acceptors (Lipinski definition) is 6. The van der Waals surface area contributed by atoms with Crippen LogP contribution < -0.4 is 5.32 Å². The molecule has 2 atom stereocenters. The van der Waals surface area contributed by atoms with E-state index in [-0.39, 0.29) is 30.3 Å². The number of amides is 1. The van der Waals surface area contributed by atoms with Gasteiger partial charge in [0.15, 0.2) is 6.29 Å². The number of hydrogen-bond donors (Lipinski definition) is 3. The van der Waals surface area contributed by atoms with Crippen LogP contribution in [-0.2, 0) is 4.74 Å². The topological polar surface area (TPSA) is 109 Å². The van der Waals surface area contributed by atoms with Crippen molar-refractivity contribution >= 4 is 12.4 Å². The number of rotatable bonds is 7. The van der Waals surface area contributed by atoms with Crippen LogP contribution in [0.4, 0.5) is 4.79 Å². The molecule has 0 spiro atoms. The van der Waals surface area contributed by atoms with Gasteiger partial charge in [0.25, 0.3) is 0 Å². The summed E-state index contributed by atoms with van der Waals surface area (Å²) in [4.78, 5) is 27.2. The molecular weight excluding hydrogens is 396 g/mol. The number of carbonyl (C=O) groups is 2. The molecule has 31 heavy (non-hydrogen) atoms. The average molecular weight is 418 g/mol. The third kappa shape index (κ3) is 4.19. The van der Waals surface area contributed by atoms with Crippen molar-refractivity contribution in [2.75, 3.05) is 13.2 Å². The van der Waals surface area contributed by atoms with Crippen LogP contribution in [0.25, 0.3) is 11.1 Å². The van der Waals surface area contributed by atoms with Gasteiger partial charge in [0, 0.05) is 24.2 Å². The van der Waals surface area contributed by atoms with Crippen molar-refractivity contribution in [3.63, 3.8) is 0 Å². The Morgan fingerprint density at radius 1 is 1.03 bits per heavy atom. The van der Waals surface area contributed by atoms with Crippen LogP contribution in [0.1, 0.15) is 39.2 Å². The molecule has 1 amide bonds. The molecule has 1 aromatic heterocycles. The van der Waals surface area contributed by atoms with E-state index in [4.69, 9.17) is 4.74 Å². The Hall–Kier alpha value is -3.55. The molecule has 1 aliphatic rings. The number of nitrogens with zero attached hydrogens (tertiary/aromatic N) is 1. The van der Waals surface area contributed by atoms with Crippen molar-refractivity contribution in [2.24, 2.45) is 0 Å². The lowest BCUT2D eigenvalue weighted by atomic mass is 9.98. The Morgan fingerprint density at radius 3 is 2.32 bits per heavy atom. The van der Waals surface area contributed by atoms with Gasteiger partial charge < -0.3 is 20.3 Å². The first-order chi connectivity index (χ1) is 15.1. The SMILES string of the molecule is O=Cc1cccnc1C(O)C(O)CNC(=O)OCC1c2ccccc2-c2ccccc21. The molecule has 2 unspecified atom stereocenters. The third-order valence-corrected chi connectivity index (χ3v) is 5.44. The molecule has 1 aliphatic carbocycles. The molecule has 1 heterocycles. The van der Waals surface area contributed by atoms with Gasteiger partial charge in [0.2, 0.25) is 0 Å². The number of pyridine rings is 1. The number of aliphatic hydroxyl groups is 2. The zero-order valence-corrected chi connectivity index (χ0v) is 16.6. The highest BCUT2D eigenvalue weighted by molar-refractivity contribution is 5.79. The van der Waals surface area contributed by atoms with Gasteiger partial charge in [-0.3, -0.25) is 9.78 Å². The number of aliphatic hydroxyl groups excluding tert-OH is 2. The third-order valence-electron chi connectivity index (χ3n) is 5.44. The van der Waals surface area contributed by atoms with E-state index in [9.17, 15) is 19.8 Å². The summed E-state index contributed by atoms with van der Waals surface area (Å²) < 4.78 is 5.41. The Morgan fingerprint density at radius 2 is 1.68 bits per heavy atom. The van der Waals surface area contributed by atoms with Crippen molar-refractivity contribution < 1.29 is 24.5 Å². The smallest absolute Gasteiger partial charge is 0.407 e. The minimum Gasteiger partial charge on any atom is -0.449 e. The minimum atomic E-state index is -1.42. The fourth-order valence-electron chi connectivity index (χ4n) is 3.91. The second-order valence-electron chi connectivity index (χ2n) is 7.31. The Labute approximate surface area is 179 Å². The molecule has 4 rings (SSSR count). The van der Waals surface area contributed by atoms with E-state index < -0.39 is 18.3 Å². The second kappa shape index (κ2) is 9.07. The maximum Gasteiger partial charge on any atom is 0.407 e. The van der Waals surface area contributed by atoms with Crippen LogP contribution in [0, 0.1) is 0 Å². The molecule has 3 aromatic rings. The van der Waals surface area contributed by atoms with Crippen molar-refractivity contribution in [1.29, 1.82) is 0 Å². The molecule has 0 bridgehead atoms. The lowest BCUT2D eigenvalue weighted by Crippen LogP contribution is -2.36. The molecule has 0 saturated carbocycles. The number of alkyl carbamates (subject to hydrolysis) is 1. The molecule has 0 aliphatic heterocycles. The Bertz CT molecular complexity index is 1060. The van der Waals surface area contributed by atoms with Crippen LogP contribution in [-0.4, -0.2) is 46.8 Å². The van der Waals surface area contributed by atoms with Crippen LogP contribution in [0.5, 0.6) is 0 Å². The van der Waals surface area contributed by atoms with Crippen molar-refractivity contribution in [3.8, 4) is 11.1 Å². The minimum absolute atomic E-state index is 0.0549. The fraction of sp³-hybridized carbons (Fsp3) is 0.208. The first kappa shape index (κ1) is 20.7. The van der Waals surface area contributed by atoms with E-state index in [1.807, 2.05) is 36.4 Å². The number of carbonyl (C=O) groups excluding carboxylic acids is 2. The van der Waals surface area contributed by atoms with Crippen LogP contribution in [0.15, 0.2) is 66.9 Å². The summed E-state index contributed by atoms with van der Waals surface area (Å²) in [5.41, 5.74) is 4.69. The molecular formula is C24H22N2O5. The number of aldehydes is 1. The Balaban J connectivity index is 1.35. The van der Waals surface area contributed by atoms with Crippen molar-refractivity contribution in [3.05, 3.63) is 89.2 Å². The molecule has 2 aromatic carbocycles. The summed E-state index contributed by atoms with van der Waals surface area (Å²) in [6, 6.07) is 19.1. The first-order valence-electron chi connectivity index (χ1n) is 9.95. The molecule has 0 fully saturated rings. The number of ether oxygens (including phenoxy) is 1.